The molecule has 2 aromatic heterocycles. The van der Waals surface area contributed by atoms with Crippen molar-refractivity contribution >= 4 is 0 Å². The summed E-state index contributed by atoms with van der Waals surface area (Å²) < 4.78 is 5.24. The monoisotopic (exact) mass is 266 g/mol. The molecule has 0 bridgehead atoms. The number of benzene rings is 1. The Balaban J connectivity index is 1.77. The molecule has 0 radical (unpaired) electrons. The first kappa shape index (κ1) is 12.5. The van der Waals surface area contributed by atoms with Crippen LogP contribution >= 0.6 is 0 Å². The van der Waals surface area contributed by atoms with Crippen LogP contribution in [0.5, 0.6) is 0 Å². The number of nitrogens with zero attached hydrogens (tertiary/aromatic N) is 3. The Morgan fingerprint density at radius 1 is 1.05 bits per heavy atom. The molecule has 3 aromatic rings. The van der Waals surface area contributed by atoms with Crippen LogP contribution in [-0.2, 0) is 6.42 Å². The van der Waals surface area contributed by atoms with Crippen molar-refractivity contribution in [3.05, 3.63) is 77.7 Å². The van der Waals surface area contributed by atoms with Crippen LogP contribution in [-0.4, -0.2) is 15.1 Å². The average Bonchev–Trinajstić information content (AvgIpc) is 2.97. The van der Waals surface area contributed by atoms with Gasteiger partial charge in [-0.05, 0) is 17.7 Å². The predicted molar refractivity (Wildman–Crippen MR) is 73.8 cm³/mol. The van der Waals surface area contributed by atoms with Crippen LogP contribution in [0.15, 0.2) is 59.3 Å². The summed E-state index contributed by atoms with van der Waals surface area (Å²) in [6.45, 7) is 0. The van der Waals surface area contributed by atoms with Gasteiger partial charge in [-0.15, -0.1) is 0 Å². The Bertz CT molecular complexity index is 667. The van der Waals surface area contributed by atoms with E-state index in [1.807, 2.05) is 48.5 Å². The van der Waals surface area contributed by atoms with E-state index >= 15 is 0 Å². The van der Waals surface area contributed by atoms with Gasteiger partial charge in [0.25, 0.3) is 0 Å². The van der Waals surface area contributed by atoms with Gasteiger partial charge in [-0.2, -0.15) is 4.98 Å². The van der Waals surface area contributed by atoms with Gasteiger partial charge in [0.1, 0.15) is 6.04 Å². The van der Waals surface area contributed by atoms with Gasteiger partial charge in [-0.25, -0.2) is 0 Å². The number of hydrogen-bond acceptors (Lipinski definition) is 5. The van der Waals surface area contributed by atoms with Gasteiger partial charge < -0.3 is 10.3 Å². The van der Waals surface area contributed by atoms with E-state index < -0.39 is 6.04 Å². The molecular formula is C15H14N4O. The molecule has 0 unspecified atom stereocenters. The van der Waals surface area contributed by atoms with Crippen molar-refractivity contribution in [3.63, 3.8) is 0 Å². The minimum absolute atomic E-state index is 0.402. The van der Waals surface area contributed by atoms with Crippen molar-refractivity contribution in [2.75, 3.05) is 0 Å². The van der Waals surface area contributed by atoms with Crippen molar-refractivity contribution in [2.24, 2.45) is 5.73 Å². The largest absolute Gasteiger partial charge is 0.337 e. The molecule has 0 aliphatic heterocycles. The summed E-state index contributed by atoms with van der Waals surface area (Å²) >= 11 is 0. The molecule has 0 amide bonds. The Morgan fingerprint density at radius 2 is 1.85 bits per heavy atom. The summed E-state index contributed by atoms with van der Waals surface area (Å²) in [5.41, 5.74) is 7.95. The van der Waals surface area contributed by atoms with E-state index in [-0.39, 0.29) is 0 Å². The van der Waals surface area contributed by atoms with Crippen LogP contribution in [0.2, 0.25) is 0 Å². The summed E-state index contributed by atoms with van der Waals surface area (Å²) in [5, 5.41) is 3.95. The standard InChI is InChI=1S/C15H14N4O/c16-14(11-6-2-1-3-7-11)15-18-13(19-20-15)10-12-8-4-5-9-17-12/h1-9,14H,10,16H2/t14-/m0/s1. The van der Waals surface area contributed by atoms with Crippen molar-refractivity contribution in [3.8, 4) is 0 Å². The maximum atomic E-state index is 6.11. The maximum absolute atomic E-state index is 6.11. The lowest BCUT2D eigenvalue weighted by Gasteiger charge is -2.05. The van der Waals surface area contributed by atoms with Gasteiger partial charge in [0, 0.05) is 11.9 Å². The zero-order valence-corrected chi connectivity index (χ0v) is 10.8. The number of rotatable bonds is 4. The molecule has 100 valence electrons. The van der Waals surface area contributed by atoms with Gasteiger partial charge in [0.15, 0.2) is 5.82 Å². The third-order valence-electron chi connectivity index (χ3n) is 2.97. The van der Waals surface area contributed by atoms with Gasteiger partial charge in [0.2, 0.25) is 5.89 Å². The van der Waals surface area contributed by atoms with E-state index in [0.29, 0.717) is 18.1 Å². The van der Waals surface area contributed by atoms with Crippen molar-refractivity contribution in [2.45, 2.75) is 12.5 Å². The lowest BCUT2D eigenvalue weighted by atomic mass is 10.1. The molecule has 0 saturated heterocycles. The zero-order chi connectivity index (χ0) is 13.8. The third kappa shape index (κ3) is 2.73. The molecule has 2 N–H and O–H groups in total. The maximum Gasteiger partial charge on any atom is 0.248 e. The van der Waals surface area contributed by atoms with Crippen LogP contribution in [0.3, 0.4) is 0 Å². The van der Waals surface area contributed by atoms with Crippen LogP contribution in [0.25, 0.3) is 0 Å². The van der Waals surface area contributed by atoms with E-state index in [9.17, 15) is 0 Å². The number of hydrogen-bond donors (Lipinski definition) is 1. The second kappa shape index (κ2) is 5.63. The highest BCUT2D eigenvalue weighted by atomic mass is 16.5. The SMILES string of the molecule is N[C@@H](c1ccccc1)c1nc(Cc2ccccn2)no1. The Kier molecular flexibility index (Phi) is 3.52. The molecule has 2 heterocycles. The van der Waals surface area contributed by atoms with E-state index in [1.54, 1.807) is 6.20 Å². The highest BCUT2D eigenvalue weighted by Gasteiger charge is 2.16. The van der Waals surface area contributed by atoms with Gasteiger partial charge in [0.05, 0.1) is 6.42 Å². The van der Waals surface area contributed by atoms with Gasteiger partial charge in [-0.1, -0.05) is 41.6 Å². The highest BCUT2D eigenvalue weighted by Crippen LogP contribution is 2.17. The van der Waals surface area contributed by atoms with Crippen LogP contribution in [0, 0.1) is 0 Å². The van der Waals surface area contributed by atoms with E-state index in [0.717, 1.165) is 11.3 Å². The molecule has 0 spiro atoms. The predicted octanol–water partition coefficient (Wildman–Crippen LogP) is 2.10. The lowest BCUT2D eigenvalue weighted by Crippen LogP contribution is -2.12. The molecule has 5 heteroatoms. The molecule has 0 saturated carbocycles. The molecule has 0 aliphatic carbocycles. The normalized spacial score (nSPS) is 12.2. The minimum atomic E-state index is -0.402. The molecule has 5 nitrogen and oxygen atoms in total. The molecule has 1 aromatic carbocycles. The summed E-state index contributed by atoms with van der Waals surface area (Å²) in [7, 11) is 0. The first-order valence-corrected chi connectivity index (χ1v) is 6.36. The molecule has 0 fully saturated rings. The van der Waals surface area contributed by atoms with Crippen molar-refractivity contribution in [1.82, 2.24) is 15.1 Å². The quantitative estimate of drug-likeness (QED) is 0.782. The van der Waals surface area contributed by atoms with Crippen LogP contribution in [0.1, 0.15) is 29.0 Å². The Hall–Kier alpha value is -2.53. The van der Waals surface area contributed by atoms with E-state index in [4.69, 9.17) is 10.3 Å². The molecular weight excluding hydrogens is 252 g/mol. The second-order valence-corrected chi connectivity index (χ2v) is 4.44. The fourth-order valence-corrected chi connectivity index (χ4v) is 1.93. The van der Waals surface area contributed by atoms with E-state index in [2.05, 4.69) is 15.1 Å². The molecule has 0 aliphatic rings. The van der Waals surface area contributed by atoms with E-state index in [1.165, 1.54) is 0 Å². The summed E-state index contributed by atoms with van der Waals surface area (Å²) in [6, 6.07) is 15.0. The van der Waals surface area contributed by atoms with Crippen LogP contribution in [0.4, 0.5) is 0 Å². The topological polar surface area (TPSA) is 77.8 Å². The second-order valence-electron chi connectivity index (χ2n) is 4.44. The average molecular weight is 266 g/mol. The number of nitrogens with two attached hydrogens (primary N) is 1. The molecule has 1 atom stereocenters. The Labute approximate surface area is 116 Å². The minimum Gasteiger partial charge on any atom is -0.337 e. The molecule has 3 rings (SSSR count). The van der Waals surface area contributed by atoms with Gasteiger partial charge in [-0.3, -0.25) is 4.98 Å². The highest BCUT2D eigenvalue weighted by molar-refractivity contribution is 5.23. The first-order chi connectivity index (χ1) is 9.83. The fourth-order valence-electron chi connectivity index (χ4n) is 1.93. The zero-order valence-electron chi connectivity index (χ0n) is 10.8. The number of pyridine rings is 1. The molecule has 20 heavy (non-hydrogen) atoms. The third-order valence-corrected chi connectivity index (χ3v) is 2.97. The lowest BCUT2D eigenvalue weighted by molar-refractivity contribution is 0.363. The fraction of sp³-hybridized carbons (Fsp3) is 0.133. The number of aromatic nitrogens is 3. The summed E-state index contributed by atoms with van der Waals surface area (Å²) in [4.78, 5) is 8.57. The first-order valence-electron chi connectivity index (χ1n) is 6.36. The summed E-state index contributed by atoms with van der Waals surface area (Å²) in [5.74, 6) is 1.01. The van der Waals surface area contributed by atoms with Gasteiger partial charge >= 0.3 is 0 Å². The van der Waals surface area contributed by atoms with Crippen molar-refractivity contribution < 1.29 is 4.52 Å². The van der Waals surface area contributed by atoms with Crippen LogP contribution < -0.4 is 5.73 Å². The Morgan fingerprint density at radius 3 is 2.60 bits per heavy atom. The smallest absolute Gasteiger partial charge is 0.248 e. The van der Waals surface area contributed by atoms with Crippen molar-refractivity contribution in [1.29, 1.82) is 0 Å². The summed E-state index contributed by atoms with van der Waals surface area (Å²) in [6.07, 6.45) is 2.28.